The smallest absolute Gasteiger partial charge is 0.337 e. The summed E-state index contributed by atoms with van der Waals surface area (Å²) in [5.41, 5.74) is 9.99. The molecule has 0 radical (unpaired) electrons. The molecule has 21 heteroatoms. The fourth-order valence-corrected chi connectivity index (χ4v) is 9.50. The van der Waals surface area contributed by atoms with Crippen molar-refractivity contribution < 1.29 is 31.5 Å². The van der Waals surface area contributed by atoms with Crippen molar-refractivity contribution in [1.29, 1.82) is 0 Å². The summed E-state index contributed by atoms with van der Waals surface area (Å²) in [6.07, 6.45) is 8.40. The second-order valence-electron chi connectivity index (χ2n) is 17.2. The Morgan fingerprint density at radius 1 is 0.672 bits per heavy atom. The number of nitrogens with one attached hydrogen (secondary N) is 5. The Bertz CT molecular complexity index is 3040. The molecule has 6 N–H and O–H groups in total. The summed E-state index contributed by atoms with van der Waals surface area (Å²) < 4.78 is 54.0. The second kappa shape index (κ2) is 20.7. The first-order valence-electron chi connectivity index (χ1n) is 22.1. The molecule has 2 aromatic carbocycles. The number of aryl methyl sites for hydroxylation is 4. The Kier molecular flexibility index (Phi) is 15.5. The summed E-state index contributed by atoms with van der Waals surface area (Å²) in [6, 6.07) is 13.9. The molecule has 2 aliphatic heterocycles. The van der Waals surface area contributed by atoms with Crippen LogP contribution in [-0.4, -0.2) is 108 Å². The van der Waals surface area contributed by atoms with Crippen molar-refractivity contribution in [1.82, 2.24) is 39.4 Å². The number of aromatic carboxylic acids is 1. The number of benzene rings is 2. The number of likely N-dealkylation sites (tertiary alicyclic amines) is 1. The van der Waals surface area contributed by atoms with Crippen molar-refractivity contribution in [3.63, 3.8) is 0 Å². The monoisotopic (exact) mass is 958 g/mol. The maximum atomic E-state index is 13.7. The average Bonchev–Trinajstić information content (AvgIpc) is 3.90. The third-order valence-corrected chi connectivity index (χ3v) is 13.0. The van der Waals surface area contributed by atoms with E-state index in [1.165, 1.54) is 25.0 Å². The highest BCUT2D eigenvalue weighted by atomic mass is 32.2. The van der Waals surface area contributed by atoms with Gasteiger partial charge < -0.3 is 26.0 Å². The number of anilines is 4. The Labute approximate surface area is 392 Å². The molecular formula is C46H62N12O7S2. The van der Waals surface area contributed by atoms with Gasteiger partial charge in [-0.15, -0.1) is 0 Å². The van der Waals surface area contributed by atoms with Gasteiger partial charge in [0.1, 0.15) is 11.6 Å². The van der Waals surface area contributed by atoms with Gasteiger partial charge in [-0.2, -0.15) is 19.2 Å². The van der Waals surface area contributed by atoms with Gasteiger partial charge >= 0.3 is 5.97 Å². The Hall–Kier alpha value is -6.32. The van der Waals surface area contributed by atoms with Crippen LogP contribution in [0.2, 0.25) is 0 Å². The molecule has 0 aliphatic carbocycles. The van der Waals surface area contributed by atoms with E-state index in [0.29, 0.717) is 18.2 Å². The van der Waals surface area contributed by atoms with Crippen LogP contribution in [0.15, 0.2) is 48.5 Å². The molecule has 0 unspecified atom stereocenters. The van der Waals surface area contributed by atoms with E-state index in [1.54, 1.807) is 35.7 Å². The molecule has 67 heavy (non-hydrogen) atoms. The number of rotatable bonds is 10. The molecule has 6 heterocycles. The number of aromatic nitrogens is 6. The number of carboxylic acid groups (broad SMARTS) is 1. The van der Waals surface area contributed by atoms with Crippen LogP contribution in [-0.2, 0) is 20.0 Å². The van der Waals surface area contributed by atoms with Crippen LogP contribution in [0.4, 0.5) is 23.0 Å². The van der Waals surface area contributed by atoms with Crippen LogP contribution in [0.5, 0.6) is 0 Å². The first-order chi connectivity index (χ1) is 31.6. The quantitative estimate of drug-likeness (QED) is 0.0837. The lowest BCUT2D eigenvalue weighted by Gasteiger charge is -2.35. The van der Waals surface area contributed by atoms with E-state index in [1.807, 2.05) is 57.3 Å². The van der Waals surface area contributed by atoms with E-state index in [9.17, 15) is 26.4 Å². The normalized spacial score (nSPS) is 16.4. The van der Waals surface area contributed by atoms with E-state index >= 15 is 0 Å². The molecule has 2 aliphatic rings. The lowest BCUT2D eigenvalue weighted by Crippen LogP contribution is -2.39. The summed E-state index contributed by atoms with van der Waals surface area (Å²) in [7, 11) is -3.20. The lowest BCUT2D eigenvalue weighted by atomic mass is 9.97. The molecule has 2 saturated heterocycles. The predicted molar refractivity (Wildman–Crippen MR) is 262 cm³/mol. The van der Waals surface area contributed by atoms with E-state index in [4.69, 9.17) is 15.3 Å². The lowest BCUT2D eigenvalue weighted by molar-refractivity contribution is 0.0606. The number of fused-ring (bicyclic) bond motifs is 2. The molecule has 0 bridgehead atoms. The van der Waals surface area contributed by atoms with Gasteiger partial charge in [-0.05, 0) is 104 Å². The van der Waals surface area contributed by atoms with Crippen molar-refractivity contribution in [3.05, 3.63) is 105 Å². The number of amides is 1. The first-order valence-corrected chi connectivity index (χ1v) is 25.9. The van der Waals surface area contributed by atoms with E-state index in [0.717, 1.165) is 113 Å². The summed E-state index contributed by atoms with van der Waals surface area (Å²) >= 11 is 0. The zero-order valence-corrected chi connectivity index (χ0v) is 41.4. The van der Waals surface area contributed by atoms with Crippen LogP contribution in [0.3, 0.4) is 0 Å². The zero-order valence-electron chi connectivity index (χ0n) is 39.8. The predicted octanol–water partition coefficient (Wildman–Crippen LogP) is 6.70. The number of hydrogen-bond acceptors (Lipinski definition) is 13. The molecule has 2 atom stereocenters. The van der Waals surface area contributed by atoms with Crippen LogP contribution in [0, 0.1) is 41.5 Å². The maximum absolute atomic E-state index is 13.7. The number of carboxylic acids is 1. The van der Waals surface area contributed by atoms with E-state index in [2.05, 4.69) is 48.4 Å². The van der Waals surface area contributed by atoms with Crippen molar-refractivity contribution in [2.24, 2.45) is 0 Å². The molecule has 8 rings (SSSR count). The maximum Gasteiger partial charge on any atom is 0.337 e. The molecule has 360 valence electrons. The van der Waals surface area contributed by atoms with E-state index < -0.39 is 26.0 Å². The average molecular weight is 959 g/mol. The zero-order chi connectivity index (χ0) is 49.0. The minimum atomic E-state index is -3.53. The Morgan fingerprint density at radius 3 is 1.66 bits per heavy atom. The number of piperidine rings is 2. The fraction of sp³-hybridized carbons (Fsp3) is 0.435. The Balaban J connectivity index is 0.000000184. The summed E-state index contributed by atoms with van der Waals surface area (Å²) in [6.45, 7) is 13.4. The van der Waals surface area contributed by atoms with Gasteiger partial charge in [0, 0.05) is 55.3 Å². The van der Waals surface area contributed by atoms with Gasteiger partial charge in [0.2, 0.25) is 20.0 Å². The Morgan fingerprint density at radius 2 is 1.16 bits per heavy atom. The number of carbonyl (C=O) groups is 2. The highest BCUT2D eigenvalue weighted by molar-refractivity contribution is 7.92. The third kappa shape index (κ3) is 12.0. The number of hydrogen-bond donors (Lipinski definition) is 6. The molecule has 0 saturated carbocycles. The number of sulfonamides is 2. The minimum Gasteiger partial charge on any atom is -0.478 e. The van der Waals surface area contributed by atoms with Gasteiger partial charge in [0.25, 0.3) is 5.91 Å². The summed E-state index contributed by atoms with van der Waals surface area (Å²) in [5, 5.41) is 28.4. The van der Waals surface area contributed by atoms with Crippen LogP contribution < -0.4 is 25.4 Å². The molecule has 1 amide bonds. The molecular weight excluding hydrogens is 897 g/mol. The van der Waals surface area contributed by atoms with Crippen LogP contribution >= 0.6 is 0 Å². The number of nitrogens with zero attached hydrogens (tertiary/aromatic N) is 7. The van der Waals surface area contributed by atoms with Crippen molar-refractivity contribution >= 4 is 66.2 Å². The highest BCUT2D eigenvalue weighted by Crippen LogP contribution is 2.35. The van der Waals surface area contributed by atoms with Gasteiger partial charge in [-0.1, -0.05) is 29.7 Å². The SMILES string of the molecule is CNc1c(C)c(C)nc2cc([C@@H]3CCCCN3)nn12.CNc1c(C)c(C)nc2cc([C@@H]3CCCCN3C(=O)c3cc(C)ccc3NS(C)(=O)=O)nn12.Cc1ccc(NS(C)(=O)=O)c(C(=O)O)c1. The van der Waals surface area contributed by atoms with Crippen molar-refractivity contribution in [2.45, 2.75) is 92.2 Å². The molecule has 0 spiro atoms. The molecule has 4 aromatic heterocycles. The third-order valence-electron chi connectivity index (χ3n) is 11.9. The number of carbonyl (C=O) groups excluding carboxylic acids is 1. The van der Waals surface area contributed by atoms with E-state index in [-0.39, 0.29) is 28.9 Å². The van der Waals surface area contributed by atoms with Crippen molar-refractivity contribution in [2.75, 3.05) is 59.8 Å². The standard InChI is InChI=1S/C23H30N6O3S.C14H21N5.C9H11NO4S/c1-14-9-10-18(27-33(5,31)32)17(12-14)23(30)28-11-7-6-8-20(28)19-13-21-25-16(3)15(2)22(24-4)29(21)26-19;1-9-10(2)17-13-8-12(11-6-4-5-7-16-11)18-19(13)14(9)15-3;1-6-3-4-8(10-15(2,13)14)7(5-6)9(11)12/h9-10,12-13,20,24,27H,6-8,11H2,1-5H3;8,11,15-16H,4-7H2,1-3H3;3-5,10H,1-2H3,(H,11,12)/t20-;11-;/m00./s1. The molecule has 6 aromatic rings. The largest absolute Gasteiger partial charge is 0.478 e. The summed E-state index contributed by atoms with van der Waals surface area (Å²) in [5.74, 6) is 0.533. The second-order valence-corrected chi connectivity index (χ2v) is 20.7. The van der Waals surface area contributed by atoms with Gasteiger partial charge in [0.15, 0.2) is 11.3 Å². The van der Waals surface area contributed by atoms with Gasteiger partial charge in [0.05, 0.1) is 58.5 Å². The van der Waals surface area contributed by atoms with Crippen LogP contribution in [0.25, 0.3) is 11.3 Å². The highest BCUT2D eigenvalue weighted by Gasteiger charge is 2.33. The van der Waals surface area contributed by atoms with Gasteiger partial charge in [-0.3, -0.25) is 14.2 Å². The molecule has 19 nitrogen and oxygen atoms in total. The minimum absolute atomic E-state index is 0.0552. The fourth-order valence-electron chi connectivity index (χ4n) is 8.35. The summed E-state index contributed by atoms with van der Waals surface area (Å²) in [4.78, 5) is 35.7. The topological polar surface area (TPSA) is 246 Å². The van der Waals surface area contributed by atoms with Crippen molar-refractivity contribution in [3.8, 4) is 0 Å². The molecule has 2 fully saturated rings. The van der Waals surface area contributed by atoms with Crippen LogP contribution in [0.1, 0.15) is 116 Å². The first kappa shape index (κ1) is 50.1. The van der Waals surface area contributed by atoms with Gasteiger partial charge in [-0.25, -0.2) is 31.6 Å².